The predicted molar refractivity (Wildman–Crippen MR) is 180 cm³/mol. The van der Waals surface area contributed by atoms with Crippen LogP contribution in [0, 0.1) is 18.6 Å². The third-order valence-corrected chi connectivity index (χ3v) is 9.32. The number of rotatable bonds is 9. The zero-order valence-corrected chi connectivity index (χ0v) is 27.2. The molecule has 0 bridgehead atoms. The summed E-state index contributed by atoms with van der Waals surface area (Å²) < 4.78 is 68.9. The van der Waals surface area contributed by atoms with Crippen LogP contribution in [0.1, 0.15) is 28.7 Å². The average molecular weight is 673 g/mol. The van der Waals surface area contributed by atoms with Crippen molar-refractivity contribution >= 4 is 43.5 Å². The lowest BCUT2D eigenvalue weighted by Crippen LogP contribution is -2.24. The predicted octanol–water partition coefficient (Wildman–Crippen LogP) is 6.24. The van der Waals surface area contributed by atoms with Crippen LogP contribution >= 0.6 is 0 Å². The molecule has 0 unspecified atom stereocenters. The van der Waals surface area contributed by atoms with Gasteiger partial charge in [0.25, 0.3) is 11.5 Å². The minimum Gasteiger partial charge on any atom is -0.494 e. The summed E-state index contributed by atoms with van der Waals surface area (Å²) in [5.41, 5.74) is 2.19. The molecule has 0 saturated heterocycles. The quantitative estimate of drug-likeness (QED) is 0.186. The smallest absolute Gasteiger partial charge is 0.261 e. The Hall–Kier alpha value is -5.56. The molecule has 2 heterocycles. The summed E-state index contributed by atoms with van der Waals surface area (Å²) in [5, 5.41) is 3.14. The van der Waals surface area contributed by atoms with E-state index in [0.29, 0.717) is 39.0 Å². The fourth-order valence-electron chi connectivity index (χ4n) is 5.53. The Balaban J connectivity index is 1.63. The minimum absolute atomic E-state index is 0.125. The van der Waals surface area contributed by atoms with Gasteiger partial charge in [0.1, 0.15) is 40.1 Å². The van der Waals surface area contributed by atoms with Gasteiger partial charge in [0.05, 0.1) is 36.0 Å². The number of aryl methyl sites for hydroxylation is 1. The lowest BCUT2D eigenvalue weighted by atomic mass is 9.97. The van der Waals surface area contributed by atoms with Crippen molar-refractivity contribution in [2.45, 2.75) is 20.4 Å². The van der Waals surface area contributed by atoms with Crippen LogP contribution in [0.4, 0.5) is 14.5 Å². The number of nitrogens with one attached hydrogen (secondary N) is 2. The summed E-state index contributed by atoms with van der Waals surface area (Å²) in [7, 11) is -0.930. The molecular weight excluding hydrogens is 642 g/mol. The van der Waals surface area contributed by atoms with Crippen LogP contribution < -0.4 is 20.3 Å². The molecule has 6 aromatic rings. The number of carbonyl (C=O) groups is 1. The summed E-state index contributed by atoms with van der Waals surface area (Å²) >= 11 is 0. The number of anilines is 1. The third-order valence-electron chi connectivity index (χ3n) is 8.03. The van der Waals surface area contributed by atoms with Gasteiger partial charge in [-0.3, -0.25) is 18.9 Å². The highest BCUT2D eigenvalue weighted by atomic mass is 32.2. The van der Waals surface area contributed by atoms with Crippen molar-refractivity contribution in [2.24, 2.45) is 0 Å². The van der Waals surface area contributed by atoms with Gasteiger partial charge in [0.15, 0.2) is 0 Å². The van der Waals surface area contributed by atoms with Crippen molar-refractivity contribution in [3.8, 4) is 28.2 Å². The van der Waals surface area contributed by atoms with E-state index in [0.717, 1.165) is 0 Å². The first kappa shape index (κ1) is 32.4. The second kappa shape index (κ2) is 12.6. The van der Waals surface area contributed by atoms with Gasteiger partial charge in [-0.05, 0) is 79.6 Å². The summed E-state index contributed by atoms with van der Waals surface area (Å²) in [5.74, 6) is -0.769. The maximum Gasteiger partial charge on any atom is 0.261 e. The zero-order chi connectivity index (χ0) is 34.3. The molecule has 0 aliphatic rings. The number of amides is 1. The Morgan fingerprint density at radius 2 is 1.62 bits per heavy atom. The number of sulfonamides is 1. The normalized spacial score (nSPS) is 11.6. The van der Waals surface area contributed by atoms with Crippen molar-refractivity contribution < 1.29 is 31.1 Å². The molecule has 0 aliphatic heterocycles. The molecule has 0 aliphatic carbocycles. The van der Waals surface area contributed by atoms with E-state index >= 15 is 0 Å². The first-order valence-corrected chi connectivity index (χ1v) is 16.5. The number of carbonyl (C=O) groups excluding carboxylic acids is 1. The molecule has 0 fully saturated rings. The monoisotopic (exact) mass is 672 g/mol. The van der Waals surface area contributed by atoms with Gasteiger partial charge >= 0.3 is 0 Å². The van der Waals surface area contributed by atoms with E-state index in [1.807, 2.05) is 0 Å². The zero-order valence-electron chi connectivity index (χ0n) is 26.4. The van der Waals surface area contributed by atoms with Gasteiger partial charge < -0.3 is 14.5 Å². The Bertz CT molecular complexity index is 2390. The summed E-state index contributed by atoms with van der Waals surface area (Å²) in [6, 6.07) is 17.5. The maximum atomic E-state index is 14.0. The van der Waals surface area contributed by atoms with Gasteiger partial charge in [-0.1, -0.05) is 12.1 Å². The van der Waals surface area contributed by atoms with E-state index in [2.05, 4.69) is 15.0 Å². The number of aromatic nitrogens is 2. The lowest BCUT2D eigenvalue weighted by Gasteiger charge is -2.16. The molecule has 10 nitrogen and oxygen atoms in total. The molecule has 246 valence electrons. The van der Waals surface area contributed by atoms with Crippen LogP contribution in [0.2, 0.25) is 0 Å². The summed E-state index contributed by atoms with van der Waals surface area (Å²) in [4.78, 5) is 31.9. The second-order valence-electron chi connectivity index (χ2n) is 11.0. The van der Waals surface area contributed by atoms with Gasteiger partial charge in [0, 0.05) is 29.6 Å². The molecule has 0 atom stereocenters. The van der Waals surface area contributed by atoms with Crippen LogP contribution in [-0.2, 0) is 16.6 Å². The van der Waals surface area contributed by atoms with E-state index in [1.54, 1.807) is 37.3 Å². The molecule has 6 rings (SSSR count). The Morgan fingerprint density at radius 3 is 2.25 bits per heavy atom. The SMILES string of the molecule is CCS(=O)(=O)Nc1cc2oc(-c3ccc(F)cc3)c(C(=O)NC)c2cc1-c1cc(OC)c2nc(C)n(Cc3ccc(F)cc3)c(=O)c2c1. The molecule has 1 amide bonds. The van der Waals surface area contributed by atoms with Gasteiger partial charge in [0.2, 0.25) is 10.0 Å². The molecule has 0 radical (unpaired) electrons. The fraction of sp³-hybridized carbons (Fsp3) is 0.171. The van der Waals surface area contributed by atoms with E-state index in [4.69, 9.17) is 9.15 Å². The largest absolute Gasteiger partial charge is 0.494 e. The number of halogens is 2. The van der Waals surface area contributed by atoms with Crippen molar-refractivity contribution in [1.82, 2.24) is 14.9 Å². The van der Waals surface area contributed by atoms with Gasteiger partial charge in [-0.25, -0.2) is 22.2 Å². The van der Waals surface area contributed by atoms with E-state index in [9.17, 15) is 26.8 Å². The highest BCUT2D eigenvalue weighted by Gasteiger charge is 2.25. The highest BCUT2D eigenvalue weighted by molar-refractivity contribution is 7.92. The number of furan rings is 1. The number of methoxy groups -OCH3 is 1. The number of hydrogen-bond acceptors (Lipinski definition) is 7. The van der Waals surface area contributed by atoms with Crippen LogP contribution in [-0.4, -0.2) is 43.8 Å². The molecule has 2 aromatic heterocycles. The first-order chi connectivity index (χ1) is 22.9. The van der Waals surface area contributed by atoms with E-state index in [1.165, 1.54) is 68.1 Å². The maximum absolute atomic E-state index is 14.0. The van der Waals surface area contributed by atoms with Crippen molar-refractivity contribution in [3.63, 3.8) is 0 Å². The van der Waals surface area contributed by atoms with E-state index < -0.39 is 33.1 Å². The molecule has 2 N–H and O–H groups in total. The standard InChI is InChI=1S/C35H30F2N4O6S/c1-5-48(44,45)40-28-17-29-26(31(34(42)38-3)33(47-29)21-8-12-24(37)13-9-21)16-25(28)22-14-27-32(30(15-22)46-4)39-19(2)41(35(27)43)18-20-6-10-23(36)11-7-20/h6-17,40H,5,18H2,1-4H3,(H,38,42). The van der Waals surface area contributed by atoms with Crippen molar-refractivity contribution in [2.75, 3.05) is 24.6 Å². The Morgan fingerprint density at radius 1 is 0.958 bits per heavy atom. The number of benzene rings is 4. The lowest BCUT2D eigenvalue weighted by molar-refractivity contribution is 0.0964. The Labute approximate surface area is 274 Å². The minimum atomic E-state index is -3.82. The third kappa shape index (κ3) is 5.99. The number of nitrogens with zero attached hydrogens (tertiary/aromatic N) is 2. The highest BCUT2D eigenvalue weighted by Crippen LogP contribution is 2.41. The number of fused-ring (bicyclic) bond motifs is 2. The van der Waals surface area contributed by atoms with Gasteiger partial charge in [-0.15, -0.1) is 0 Å². The fourth-order valence-corrected chi connectivity index (χ4v) is 6.18. The molecule has 13 heteroatoms. The first-order valence-electron chi connectivity index (χ1n) is 14.9. The number of ether oxygens (including phenoxy) is 1. The summed E-state index contributed by atoms with van der Waals surface area (Å²) in [6.07, 6.45) is 0. The molecule has 0 saturated carbocycles. The van der Waals surface area contributed by atoms with Crippen LogP contribution in [0.25, 0.3) is 44.3 Å². The number of hydrogen-bond donors (Lipinski definition) is 2. The Kier molecular flexibility index (Phi) is 8.48. The molecule has 0 spiro atoms. The van der Waals surface area contributed by atoms with E-state index in [-0.39, 0.29) is 46.0 Å². The van der Waals surface area contributed by atoms with Crippen LogP contribution in [0.5, 0.6) is 5.75 Å². The van der Waals surface area contributed by atoms with Gasteiger partial charge in [-0.2, -0.15) is 0 Å². The van der Waals surface area contributed by atoms with Crippen molar-refractivity contribution in [1.29, 1.82) is 0 Å². The second-order valence-corrected chi connectivity index (χ2v) is 13.1. The summed E-state index contributed by atoms with van der Waals surface area (Å²) in [6.45, 7) is 3.30. The average Bonchev–Trinajstić information content (AvgIpc) is 3.44. The molecule has 4 aromatic carbocycles. The molecular formula is C35H30F2N4O6S. The topological polar surface area (TPSA) is 133 Å². The van der Waals surface area contributed by atoms with Crippen LogP contribution in [0.15, 0.2) is 82.0 Å². The van der Waals surface area contributed by atoms with Crippen molar-refractivity contribution in [3.05, 3.63) is 112 Å². The van der Waals surface area contributed by atoms with Crippen LogP contribution in [0.3, 0.4) is 0 Å². The molecule has 48 heavy (non-hydrogen) atoms.